The molecule has 19 heavy (non-hydrogen) atoms. The Morgan fingerprint density at radius 2 is 2.11 bits per heavy atom. The minimum atomic E-state index is -3.05. The number of benzene rings is 1. The van der Waals surface area contributed by atoms with Crippen LogP contribution in [0.25, 0.3) is 0 Å². The largest absolute Gasteiger partial charge is 0.484 e. The first kappa shape index (κ1) is 13.6. The molecule has 104 valence electrons. The van der Waals surface area contributed by atoms with Crippen LogP contribution in [0.2, 0.25) is 0 Å². The smallest absolute Gasteiger partial charge is 0.272 e. The van der Waals surface area contributed by atoms with Crippen molar-refractivity contribution in [1.29, 1.82) is 0 Å². The van der Waals surface area contributed by atoms with Crippen LogP contribution in [0, 0.1) is 15.9 Å². The number of hydrogen-bond donors (Lipinski definition) is 1. The van der Waals surface area contributed by atoms with Crippen LogP contribution in [-0.2, 0) is 0 Å². The van der Waals surface area contributed by atoms with Gasteiger partial charge < -0.3 is 9.84 Å². The van der Waals surface area contributed by atoms with E-state index in [1.54, 1.807) is 0 Å². The van der Waals surface area contributed by atoms with Crippen molar-refractivity contribution in [2.24, 2.45) is 0 Å². The molecule has 0 unspecified atom stereocenters. The fourth-order valence-electron chi connectivity index (χ4n) is 1.93. The zero-order chi connectivity index (χ0) is 14.2. The lowest BCUT2D eigenvalue weighted by molar-refractivity contribution is -0.385. The molecule has 1 fully saturated rings. The lowest BCUT2D eigenvalue weighted by Crippen LogP contribution is -2.26. The molecule has 0 bridgehead atoms. The van der Waals surface area contributed by atoms with Crippen molar-refractivity contribution in [1.82, 2.24) is 0 Å². The summed E-state index contributed by atoms with van der Waals surface area (Å²) < 4.78 is 44.4. The van der Waals surface area contributed by atoms with Gasteiger partial charge in [-0.25, -0.2) is 13.2 Å². The molecule has 2 atom stereocenters. The number of aliphatic hydroxyl groups excluding tert-OH is 1. The van der Waals surface area contributed by atoms with Gasteiger partial charge in [-0.2, -0.15) is 0 Å². The van der Waals surface area contributed by atoms with Crippen LogP contribution in [0.4, 0.5) is 18.9 Å². The minimum Gasteiger partial charge on any atom is -0.484 e. The Morgan fingerprint density at radius 3 is 2.58 bits per heavy atom. The van der Waals surface area contributed by atoms with E-state index >= 15 is 0 Å². The zero-order valence-corrected chi connectivity index (χ0v) is 9.55. The number of rotatable bonds is 3. The molecule has 1 aromatic rings. The number of aliphatic hydroxyl groups is 1. The molecule has 0 aliphatic heterocycles. The van der Waals surface area contributed by atoms with Crippen LogP contribution < -0.4 is 4.74 Å². The summed E-state index contributed by atoms with van der Waals surface area (Å²) in [7, 11) is 0. The van der Waals surface area contributed by atoms with Crippen molar-refractivity contribution in [3.05, 3.63) is 34.1 Å². The van der Waals surface area contributed by atoms with E-state index in [0.717, 1.165) is 12.1 Å². The normalized spacial score (nSPS) is 25.3. The first-order valence-corrected chi connectivity index (χ1v) is 5.45. The van der Waals surface area contributed by atoms with Crippen LogP contribution in [-0.4, -0.2) is 28.2 Å². The second-order valence-corrected chi connectivity index (χ2v) is 4.36. The number of nitrogens with zero attached hydrogens (tertiary/aromatic N) is 1. The van der Waals surface area contributed by atoms with Crippen LogP contribution >= 0.6 is 0 Å². The lowest BCUT2D eigenvalue weighted by atomic mass is 10.2. The number of ether oxygens (including phenoxy) is 1. The van der Waals surface area contributed by atoms with E-state index in [-0.39, 0.29) is 0 Å². The Kier molecular flexibility index (Phi) is 3.36. The van der Waals surface area contributed by atoms with Gasteiger partial charge >= 0.3 is 0 Å². The maximum Gasteiger partial charge on any atom is 0.272 e. The molecule has 0 radical (unpaired) electrons. The van der Waals surface area contributed by atoms with E-state index in [9.17, 15) is 28.4 Å². The van der Waals surface area contributed by atoms with Crippen molar-refractivity contribution < 1.29 is 27.9 Å². The fraction of sp³-hybridized carbons (Fsp3) is 0.455. The summed E-state index contributed by atoms with van der Waals surface area (Å²) in [4.78, 5) is 9.62. The van der Waals surface area contributed by atoms with E-state index in [4.69, 9.17) is 4.74 Å². The average molecular weight is 277 g/mol. The molecule has 0 aromatic heterocycles. The van der Waals surface area contributed by atoms with Gasteiger partial charge in [0, 0.05) is 12.5 Å². The molecule has 1 aliphatic carbocycles. The number of alkyl halides is 2. The Morgan fingerprint density at radius 1 is 1.42 bits per heavy atom. The molecule has 2 rings (SSSR count). The van der Waals surface area contributed by atoms with Gasteiger partial charge in [-0.15, -0.1) is 0 Å². The van der Waals surface area contributed by atoms with Crippen molar-refractivity contribution in [2.45, 2.75) is 31.0 Å². The van der Waals surface area contributed by atoms with E-state index in [1.165, 1.54) is 0 Å². The highest BCUT2D eigenvalue weighted by Crippen LogP contribution is 2.37. The Hall–Kier alpha value is -1.83. The summed E-state index contributed by atoms with van der Waals surface area (Å²) >= 11 is 0. The third kappa shape index (κ3) is 2.95. The summed E-state index contributed by atoms with van der Waals surface area (Å²) in [6.45, 7) is 0. The molecule has 1 aliphatic rings. The summed E-state index contributed by atoms with van der Waals surface area (Å²) in [6, 6.07) is 2.61. The number of non-ortho nitro benzene ring substituents is 1. The predicted octanol–water partition coefficient (Wildman–Crippen LogP) is 2.27. The Labute approximate surface area is 105 Å². The average Bonchev–Trinajstić information content (AvgIpc) is 2.54. The molecule has 0 heterocycles. The molecule has 1 aromatic carbocycles. The third-order valence-electron chi connectivity index (χ3n) is 2.84. The molecule has 5 nitrogen and oxygen atoms in total. The van der Waals surface area contributed by atoms with Crippen molar-refractivity contribution in [3.63, 3.8) is 0 Å². The first-order chi connectivity index (χ1) is 8.78. The van der Waals surface area contributed by atoms with Crippen LogP contribution in [0.3, 0.4) is 0 Å². The SMILES string of the molecule is O=[N+]([O-])c1ccc(O[C@@H]2CC(F)(F)C[C@@H]2O)c(F)c1. The minimum absolute atomic E-state index is 0.396. The van der Waals surface area contributed by atoms with Gasteiger partial charge in [0.15, 0.2) is 11.6 Å². The third-order valence-corrected chi connectivity index (χ3v) is 2.84. The summed E-state index contributed by atoms with van der Waals surface area (Å²) in [6.07, 6.45) is -4.09. The monoisotopic (exact) mass is 277 g/mol. The first-order valence-electron chi connectivity index (χ1n) is 5.45. The van der Waals surface area contributed by atoms with E-state index in [2.05, 4.69) is 0 Å². The summed E-state index contributed by atoms with van der Waals surface area (Å²) in [5, 5.41) is 19.8. The van der Waals surface area contributed by atoms with Crippen molar-refractivity contribution in [2.75, 3.05) is 0 Å². The highest BCUT2D eigenvalue weighted by molar-refractivity contribution is 5.37. The van der Waals surface area contributed by atoms with Gasteiger partial charge in [-0.1, -0.05) is 0 Å². The lowest BCUT2D eigenvalue weighted by Gasteiger charge is -2.16. The molecule has 0 amide bonds. The molecule has 8 heteroatoms. The van der Waals surface area contributed by atoms with Crippen LogP contribution in [0.1, 0.15) is 12.8 Å². The van der Waals surface area contributed by atoms with Crippen LogP contribution in [0.15, 0.2) is 18.2 Å². The number of hydrogen-bond acceptors (Lipinski definition) is 4. The standard InChI is InChI=1S/C11H10F3NO4/c12-7-3-6(15(17)18)1-2-9(7)19-10-5-11(13,14)4-8(10)16/h1-3,8,10,16H,4-5H2/t8-,10+/m0/s1. The number of nitro groups is 1. The Balaban J connectivity index is 2.14. The maximum atomic E-state index is 13.5. The van der Waals surface area contributed by atoms with Crippen molar-refractivity contribution >= 4 is 5.69 Å². The molecule has 1 N–H and O–H groups in total. The fourth-order valence-corrected chi connectivity index (χ4v) is 1.93. The van der Waals surface area contributed by atoms with E-state index in [1.807, 2.05) is 0 Å². The second kappa shape index (κ2) is 4.69. The van der Waals surface area contributed by atoms with Crippen molar-refractivity contribution in [3.8, 4) is 5.75 Å². The molecular formula is C11H10F3NO4. The highest BCUT2D eigenvalue weighted by Gasteiger charge is 2.47. The quantitative estimate of drug-likeness (QED) is 0.679. The van der Waals surface area contributed by atoms with Crippen LogP contribution in [0.5, 0.6) is 5.75 Å². The highest BCUT2D eigenvalue weighted by atomic mass is 19.3. The zero-order valence-electron chi connectivity index (χ0n) is 9.55. The van der Waals surface area contributed by atoms with E-state index < -0.39 is 53.1 Å². The molecular weight excluding hydrogens is 267 g/mol. The maximum absolute atomic E-state index is 13.5. The predicted molar refractivity (Wildman–Crippen MR) is 57.7 cm³/mol. The van der Waals surface area contributed by atoms with Gasteiger partial charge in [-0.05, 0) is 6.07 Å². The number of nitro benzene ring substituents is 1. The van der Waals surface area contributed by atoms with Gasteiger partial charge in [0.1, 0.15) is 6.10 Å². The van der Waals surface area contributed by atoms with Gasteiger partial charge in [0.25, 0.3) is 11.6 Å². The summed E-state index contributed by atoms with van der Waals surface area (Å²) in [5.41, 5.74) is -0.470. The number of halogens is 3. The van der Waals surface area contributed by atoms with Gasteiger partial charge in [0.05, 0.1) is 23.5 Å². The topological polar surface area (TPSA) is 72.6 Å². The second-order valence-electron chi connectivity index (χ2n) is 4.36. The molecule has 1 saturated carbocycles. The summed E-state index contributed by atoms with van der Waals surface area (Å²) in [5.74, 6) is -4.48. The molecule has 0 saturated heterocycles. The van der Waals surface area contributed by atoms with E-state index in [0.29, 0.717) is 6.07 Å². The molecule has 0 spiro atoms. The van der Waals surface area contributed by atoms with Gasteiger partial charge in [0.2, 0.25) is 0 Å². The Bertz CT molecular complexity index is 509. The van der Waals surface area contributed by atoms with Gasteiger partial charge in [-0.3, -0.25) is 10.1 Å².